The molecule has 1 aliphatic heterocycles. The third kappa shape index (κ3) is 7.36. The number of hydrogen-bond donors (Lipinski definition) is 5. The lowest BCUT2D eigenvalue weighted by Crippen LogP contribution is -2.35. The maximum atomic E-state index is 12.9. The number of rotatable bonds is 12. The number of anilines is 1. The number of nitrogens with one attached hydrogen (secondary N) is 3. The summed E-state index contributed by atoms with van der Waals surface area (Å²) in [6, 6.07) is 4.84. The van der Waals surface area contributed by atoms with Crippen LogP contribution in [0.2, 0.25) is 0 Å². The molecule has 5 N–H and O–H groups in total. The first-order valence-electron chi connectivity index (χ1n) is 12.8. The molecule has 0 radical (unpaired) electrons. The van der Waals surface area contributed by atoms with Crippen molar-refractivity contribution >= 4 is 39.7 Å². The largest absolute Gasteiger partial charge is 0.358 e. The zero-order valence-electron chi connectivity index (χ0n) is 22.8. The molecule has 3 rings (SSSR count). The van der Waals surface area contributed by atoms with E-state index in [9.17, 15) is 23.1 Å². The third-order valence-corrected chi connectivity index (χ3v) is 8.29. The Labute approximate surface area is 230 Å². The molecule has 0 saturated carbocycles. The first-order chi connectivity index (χ1) is 18.6. The van der Waals surface area contributed by atoms with Crippen LogP contribution in [-0.4, -0.2) is 62.7 Å². The Bertz CT molecular complexity index is 1320. The highest BCUT2D eigenvalue weighted by Crippen LogP contribution is 2.50. The van der Waals surface area contributed by atoms with Crippen molar-refractivity contribution in [1.82, 2.24) is 15.2 Å². The lowest BCUT2D eigenvalue weighted by molar-refractivity contribution is -0.110. The molecule has 0 spiro atoms. The Morgan fingerprint density at radius 3 is 2.54 bits per heavy atom. The Hall–Kier alpha value is -3.44. The minimum Gasteiger partial charge on any atom is -0.358 e. The van der Waals surface area contributed by atoms with Gasteiger partial charge in [-0.1, -0.05) is 38.2 Å². The van der Waals surface area contributed by atoms with Crippen molar-refractivity contribution in [2.45, 2.75) is 32.6 Å². The van der Waals surface area contributed by atoms with Gasteiger partial charge in [0.2, 0.25) is 0 Å². The number of aromatic nitrogens is 1. The fourth-order valence-electron chi connectivity index (χ4n) is 4.41. The average molecular weight is 557 g/mol. The number of carbonyl (C=O) groups excluding carboxylic acids is 2. The molecule has 8 nitrogen and oxygen atoms in total. The van der Waals surface area contributed by atoms with E-state index in [4.69, 9.17) is 0 Å². The number of aryl methyl sites for hydroxylation is 1. The molecule has 2 heterocycles. The predicted octanol–water partition coefficient (Wildman–Crippen LogP) is 5.90. The topological polar surface area (TPSA) is 118 Å². The Morgan fingerprint density at radius 1 is 1.13 bits per heavy atom. The van der Waals surface area contributed by atoms with Crippen LogP contribution >= 0.6 is 10.6 Å². The zero-order chi connectivity index (χ0) is 28.6. The molecular weight excluding hydrogens is 519 g/mol. The van der Waals surface area contributed by atoms with Crippen LogP contribution in [0, 0.1) is 13.8 Å². The summed E-state index contributed by atoms with van der Waals surface area (Å²) >= 11 is 0. The van der Waals surface area contributed by atoms with E-state index >= 15 is 0 Å². The summed E-state index contributed by atoms with van der Waals surface area (Å²) in [6.45, 7) is 11.0. The van der Waals surface area contributed by atoms with Crippen molar-refractivity contribution in [1.29, 1.82) is 0 Å². The number of H-pyrrole nitrogens is 1. The van der Waals surface area contributed by atoms with Crippen LogP contribution < -0.4 is 10.6 Å². The van der Waals surface area contributed by atoms with Gasteiger partial charge in [0.05, 0.1) is 28.1 Å². The van der Waals surface area contributed by atoms with Crippen LogP contribution in [0.4, 0.5) is 10.1 Å². The molecule has 210 valence electrons. The number of carbonyl (C=O) groups is 2. The molecule has 39 heavy (non-hydrogen) atoms. The zero-order valence-corrected chi connectivity index (χ0v) is 23.6. The van der Waals surface area contributed by atoms with Gasteiger partial charge >= 0.3 is 0 Å². The second-order valence-electron chi connectivity index (χ2n) is 9.13. The molecule has 0 atom stereocenters. The van der Waals surface area contributed by atoms with E-state index in [1.807, 2.05) is 13.8 Å². The van der Waals surface area contributed by atoms with Crippen molar-refractivity contribution < 1.29 is 23.1 Å². The minimum atomic E-state index is -3.17. The molecule has 1 aromatic carbocycles. The molecule has 0 fully saturated rings. The summed E-state index contributed by atoms with van der Waals surface area (Å²) < 4.78 is 33.5. The first kappa shape index (κ1) is 30.1. The highest BCUT2D eigenvalue weighted by molar-refractivity contribution is 8.24. The second-order valence-corrected chi connectivity index (χ2v) is 11.3. The number of hydrogen-bond acceptors (Lipinski definition) is 5. The van der Waals surface area contributed by atoms with Crippen molar-refractivity contribution in [2.75, 3.05) is 37.2 Å². The molecule has 0 aliphatic carbocycles. The lowest BCUT2D eigenvalue weighted by Gasteiger charge is -2.31. The molecule has 2 amide bonds. The molecule has 1 aromatic heterocycles. The van der Waals surface area contributed by atoms with Gasteiger partial charge in [0, 0.05) is 35.7 Å². The van der Waals surface area contributed by atoms with E-state index in [1.54, 1.807) is 42.5 Å². The summed E-state index contributed by atoms with van der Waals surface area (Å²) in [4.78, 5) is 31.5. The maximum absolute atomic E-state index is 12.9. The molecule has 0 unspecified atom stereocenters. The number of amides is 2. The summed E-state index contributed by atoms with van der Waals surface area (Å²) in [6.07, 6.45) is 9.57. The summed E-state index contributed by atoms with van der Waals surface area (Å²) in [7, 11) is -3.17. The molecule has 1 aliphatic rings. The number of halogens is 1. The Kier molecular flexibility index (Phi) is 10.5. The molecule has 0 bridgehead atoms. The van der Waals surface area contributed by atoms with Gasteiger partial charge in [0.25, 0.3) is 11.8 Å². The van der Waals surface area contributed by atoms with E-state index in [-0.39, 0.29) is 17.6 Å². The Balaban J connectivity index is 1.84. The number of nitrogens with zero attached hydrogens (tertiary/aromatic N) is 1. The quantitative estimate of drug-likeness (QED) is 0.165. The van der Waals surface area contributed by atoms with Gasteiger partial charge in [-0.25, -0.2) is 4.39 Å². The predicted molar refractivity (Wildman–Crippen MR) is 158 cm³/mol. The highest BCUT2D eigenvalue weighted by atomic mass is 32.3. The standard InChI is InChI=1S/C29H37FN4O4S/c1-5-34(6-2)16-15-31-29(36)27-20(3)26(32-21(27)4)19-24-23-18-22(12-13-25(23)33-28(24)35)39(37,38)17-11-9-7-8-10-14-30/h7-14,18-19,32,37-38H,5-6,15-17H2,1-4H3,(H,31,36)(H,33,35). The fraction of sp³-hybridized carbons (Fsp3) is 0.310. The third-order valence-electron chi connectivity index (χ3n) is 6.62. The van der Waals surface area contributed by atoms with Crippen molar-refractivity contribution in [2.24, 2.45) is 0 Å². The van der Waals surface area contributed by atoms with Crippen molar-refractivity contribution in [3.8, 4) is 0 Å². The van der Waals surface area contributed by atoms with E-state index in [1.165, 1.54) is 12.2 Å². The van der Waals surface area contributed by atoms with Gasteiger partial charge < -0.3 is 20.5 Å². The number of fused-ring (bicyclic) bond motifs is 1. The van der Waals surface area contributed by atoms with Crippen LogP contribution in [-0.2, 0) is 4.79 Å². The number of likely N-dealkylation sites (N-methyl/N-ethyl adjacent to an activating group) is 1. The Morgan fingerprint density at radius 2 is 1.85 bits per heavy atom. The van der Waals surface area contributed by atoms with E-state index in [0.29, 0.717) is 51.5 Å². The summed E-state index contributed by atoms with van der Waals surface area (Å²) in [5.74, 6) is -0.520. The normalized spacial score (nSPS) is 15.3. The van der Waals surface area contributed by atoms with Crippen LogP contribution in [0.5, 0.6) is 0 Å². The SMILES string of the molecule is CCN(CC)CCNC(=O)c1c(C)[nH]c(C=C2C(=O)Nc3ccc(S(O)(O)CC=CC=CC=CF)cc32)c1C. The van der Waals surface area contributed by atoms with Crippen LogP contribution in [0.15, 0.2) is 59.8 Å². The summed E-state index contributed by atoms with van der Waals surface area (Å²) in [5, 5.41) is 5.80. The average Bonchev–Trinajstić information content (AvgIpc) is 3.37. The molecule has 2 aromatic rings. The molecule has 10 heteroatoms. The van der Waals surface area contributed by atoms with Gasteiger partial charge in [0.15, 0.2) is 0 Å². The highest BCUT2D eigenvalue weighted by Gasteiger charge is 2.28. The van der Waals surface area contributed by atoms with Gasteiger partial charge in [-0.05, 0) is 62.9 Å². The van der Waals surface area contributed by atoms with Gasteiger partial charge in [-0.3, -0.25) is 18.7 Å². The number of allylic oxidation sites excluding steroid dienone is 4. The summed E-state index contributed by atoms with van der Waals surface area (Å²) in [5.41, 5.74) is 4.07. The van der Waals surface area contributed by atoms with Crippen molar-refractivity contribution in [3.05, 3.63) is 83.0 Å². The van der Waals surface area contributed by atoms with E-state index in [0.717, 1.165) is 25.2 Å². The monoisotopic (exact) mass is 556 g/mol. The number of benzene rings is 1. The molecular formula is C29H37FN4O4S. The van der Waals surface area contributed by atoms with Gasteiger partial charge in [-0.15, -0.1) is 0 Å². The lowest BCUT2D eigenvalue weighted by atomic mass is 10.0. The fourth-order valence-corrected chi connectivity index (χ4v) is 5.57. The van der Waals surface area contributed by atoms with Gasteiger partial charge in [-0.2, -0.15) is 10.6 Å². The smallest absolute Gasteiger partial charge is 0.256 e. The minimum absolute atomic E-state index is 0.0302. The van der Waals surface area contributed by atoms with Crippen molar-refractivity contribution in [3.63, 3.8) is 0 Å². The van der Waals surface area contributed by atoms with Gasteiger partial charge in [0.1, 0.15) is 0 Å². The van der Waals surface area contributed by atoms with E-state index in [2.05, 4.69) is 34.4 Å². The maximum Gasteiger partial charge on any atom is 0.256 e. The van der Waals surface area contributed by atoms with Crippen LogP contribution in [0.3, 0.4) is 0 Å². The first-order valence-corrected chi connectivity index (χ1v) is 14.6. The van der Waals surface area contributed by atoms with Crippen LogP contribution in [0.1, 0.15) is 46.7 Å². The second kappa shape index (κ2) is 13.6. The number of aromatic amines is 1. The molecule has 0 saturated heterocycles. The van der Waals surface area contributed by atoms with E-state index < -0.39 is 10.6 Å². The van der Waals surface area contributed by atoms with Crippen LogP contribution in [0.25, 0.3) is 11.6 Å².